The van der Waals surface area contributed by atoms with E-state index in [-0.39, 0.29) is 0 Å². The zero-order valence-corrected chi connectivity index (χ0v) is 12.1. The molecule has 1 aliphatic rings. The number of hydrogen-bond acceptors (Lipinski definition) is 4. The summed E-state index contributed by atoms with van der Waals surface area (Å²) in [6.07, 6.45) is 4.78. The van der Waals surface area contributed by atoms with Crippen LogP contribution >= 0.6 is 11.8 Å². The van der Waals surface area contributed by atoms with E-state index in [4.69, 9.17) is 0 Å². The highest BCUT2D eigenvalue weighted by Crippen LogP contribution is 2.35. The van der Waals surface area contributed by atoms with Crippen LogP contribution in [0.25, 0.3) is 11.0 Å². The number of methoxy groups -OCH3 is 1. The maximum atomic E-state index is 11.2. The molecule has 0 atom stereocenters. The number of thioether (sulfide) groups is 1. The summed E-state index contributed by atoms with van der Waals surface area (Å²) in [6.45, 7) is 0. The number of nitrogens with zero attached hydrogens (tertiary/aromatic N) is 1. The number of nitrogens with one attached hydrogen (secondary N) is 2. The number of carbonyl (C=O) groups excluding carboxylic acids is 1. The summed E-state index contributed by atoms with van der Waals surface area (Å²) < 4.78 is 4.55. The molecule has 106 valence electrons. The molecule has 0 saturated heterocycles. The smallest absolute Gasteiger partial charge is 0.413 e. The highest BCUT2D eigenvalue weighted by molar-refractivity contribution is 8.00. The molecule has 1 aliphatic carbocycles. The SMILES string of the molecule is COC(=O)Nc1nc2ccc(SC3CCCC3)cc2[nH]1. The first-order chi connectivity index (χ1) is 9.74. The molecule has 1 aromatic carbocycles. The second-order valence-corrected chi connectivity index (χ2v) is 6.28. The molecule has 20 heavy (non-hydrogen) atoms. The van der Waals surface area contributed by atoms with Crippen LogP contribution in [-0.2, 0) is 4.74 Å². The van der Waals surface area contributed by atoms with Crippen LogP contribution in [0.2, 0.25) is 0 Å². The minimum Gasteiger partial charge on any atom is -0.453 e. The van der Waals surface area contributed by atoms with Crippen molar-refractivity contribution in [1.29, 1.82) is 0 Å². The number of rotatable bonds is 3. The minimum absolute atomic E-state index is 0.412. The number of aromatic nitrogens is 2. The van der Waals surface area contributed by atoms with Crippen molar-refractivity contribution in [3.63, 3.8) is 0 Å². The topological polar surface area (TPSA) is 67.0 Å². The first-order valence-corrected chi connectivity index (χ1v) is 7.64. The number of fused-ring (bicyclic) bond motifs is 1. The van der Waals surface area contributed by atoms with Gasteiger partial charge in [-0.15, -0.1) is 11.8 Å². The fourth-order valence-electron chi connectivity index (χ4n) is 2.47. The summed E-state index contributed by atoms with van der Waals surface area (Å²) in [5.74, 6) is 0.412. The van der Waals surface area contributed by atoms with Crippen LogP contribution in [0.1, 0.15) is 25.7 Å². The number of aromatic amines is 1. The monoisotopic (exact) mass is 291 g/mol. The Kier molecular flexibility index (Phi) is 3.82. The molecule has 1 saturated carbocycles. The molecule has 0 bridgehead atoms. The van der Waals surface area contributed by atoms with Crippen molar-refractivity contribution in [2.24, 2.45) is 0 Å². The van der Waals surface area contributed by atoms with Gasteiger partial charge in [0.05, 0.1) is 18.1 Å². The molecule has 5 nitrogen and oxygen atoms in total. The molecule has 6 heteroatoms. The Hall–Kier alpha value is -1.69. The largest absolute Gasteiger partial charge is 0.453 e. The van der Waals surface area contributed by atoms with Gasteiger partial charge in [-0.25, -0.2) is 9.78 Å². The number of ether oxygens (including phenoxy) is 1. The van der Waals surface area contributed by atoms with Gasteiger partial charge in [-0.05, 0) is 31.0 Å². The van der Waals surface area contributed by atoms with Gasteiger partial charge in [-0.2, -0.15) is 0 Å². The third-order valence-corrected chi connectivity index (χ3v) is 4.79. The summed E-state index contributed by atoms with van der Waals surface area (Å²) in [6, 6.07) is 6.16. The number of H-pyrrole nitrogens is 1. The lowest BCUT2D eigenvalue weighted by Gasteiger charge is -2.07. The van der Waals surface area contributed by atoms with Crippen molar-refractivity contribution in [1.82, 2.24) is 9.97 Å². The molecule has 2 N–H and O–H groups in total. The molecule has 0 aliphatic heterocycles. The van der Waals surface area contributed by atoms with Gasteiger partial charge in [0, 0.05) is 10.1 Å². The molecular formula is C14H17N3O2S. The van der Waals surface area contributed by atoms with E-state index >= 15 is 0 Å². The van der Waals surface area contributed by atoms with Crippen LogP contribution in [0.4, 0.5) is 10.7 Å². The van der Waals surface area contributed by atoms with E-state index in [1.807, 2.05) is 17.8 Å². The van der Waals surface area contributed by atoms with Gasteiger partial charge in [-0.1, -0.05) is 12.8 Å². The lowest BCUT2D eigenvalue weighted by Crippen LogP contribution is -2.11. The van der Waals surface area contributed by atoms with Crippen molar-refractivity contribution in [2.75, 3.05) is 12.4 Å². The fraction of sp³-hybridized carbons (Fsp3) is 0.429. The second kappa shape index (κ2) is 5.75. The molecule has 0 unspecified atom stereocenters. The van der Waals surface area contributed by atoms with E-state index in [0.717, 1.165) is 16.3 Å². The van der Waals surface area contributed by atoms with Crippen LogP contribution in [0.15, 0.2) is 23.1 Å². The Balaban J connectivity index is 1.77. The number of amides is 1. The standard InChI is InChI=1S/C14H17N3O2S/c1-19-14(18)17-13-15-11-7-6-10(8-12(11)16-13)20-9-4-2-3-5-9/h6-9H,2-5H2,1H3,(H2,15,16,17,18). The number of carbonyl (C=O) groups is 1. The number of imidazole rings is 1. The zero-order valence-electron chi connectivity index (χ0n) is 11.3. The molecular weight excluding hydrogens is 274 g/mol. The van der Waals surface area contributed by atoms with Crippen LogP contribution in [0, 0.1) is 0 Å². The fourth-order valence-corrected chi connectivity index (χ4v) is 3.75. The van der Waals surface area contributed by atoms with Crippen LogP contribution in [0.3, 0.4) is 0 Å². The zero-order chi connectivity index (χ0) is 13.9. The van der Waals surface area contributed by atoms with Crippen molar-refractivity contribution in [2.45, 2.75) is 35.8 Å². The second-order valence-electron chi connectivity index (χ2n) is 4.91. The van der Waals surface area contributed by atoms with Gasteiger partial charge < -0.3 is 9.72 Å². The van der Waals surface area contributed by atoms with Crippen molar-refractivity contribution in [3.8, 4) is 0 Å². The van der Waals surface area contributed by atoms with Crippen LogP contribution in [0.5, 0.6) is 0 Å². The molecule has 3 rings (SSSR count). The Morgan fingerprint density at radius 2 is 2.25 bits per heavy atom. The van der Waals surface area contributed by atoms with Gasteiger partial charge in [0.2, 0.25) is 5.95 Å². The van der Waals surface area contributed by atoms with Gasteiger partial charge in [0.1, 0.15) is 0 Å². The van der Waals surface area contributed by atoms with Crippen LogP contribution < -0.4 is 5.32 Å². The van der Waals surface area contributed by atoms with Gasteiger partial charge in [-0.3, -0.25) is 5.32 Å². The summed E-state index contributed by atoms with van der Waals surface area (Å²) in [4.78, 5) is 19.8. The van der Waals surface area contributed by atoms with Gasteiger partial charge >= 0.3 is 6.09 Å². The van der Waals surface area contributed by atoms with E-state index in [1.54, 1.807) is 0 Å². The first-order valence-electron chi connectivity index (χ1n) is 6.76. The van der Waals surface area contributed by atoms with Gasteiger partial charge in [0.25, 0.3) is 0 Å². The average molecular weight is 291 g/mol. The highest BCUT2D eigenvalue weighted by atomic mass is 32.2. The Morgan fingerprint density at radius 3 is 3.00 bits per heavy atom. The number of benzene rings is 1. The van der Waals surface area contributed by atoms with E-state index in [0.29, 0.717) is 5.95 Å². The summed E-state index contributed by atoms with van der Waals surface area (Å²) in [7, 11) is 1.33. The lowest BCUT2D eigenvalue weighted by atomic mass is 10.3. The molecule has 2 aromatic rings. The third-order valence-electron chi connectivity index (χ3n) is 3.46. The molecule has 1 fully saturated rings. The molecule has 1 amide bonds. The summed E-state index contributed by atoms with van der Waals surface area (Å²) in [5.41, 5.74) is 1.77. The number of hydrogen-bond donors (Lipinski definition) is 2. The Morgan fingerprint density at radius 1 is 1.45 bits per heavy atom. The van der Waals surface area contributed by atoms with E-state index in [2.05, 4.69) is 32.2 Å². The lowest BCUT2D eigenvalue weighted by molar-refractivity contribution is 0.186. The van der Waals surface area contributed by atoms with Crippen LogP contribution in [-0.4, -0.2) is 28.4 Å². The van der Waals surface area contributed by atoms with Crippen molar-refractivity contribution < 1.29 is 9.53 Å². The maximum absolute atomic E-state index is 11.2. The maximum Gasteiger partial charge on any atom is 0.413 e. The van der Waals surface area contributed by atoms with E-state index in [9.17, 15) is 4.79 Å². The van der Waals surface area contributed by atoms with Gasteiger partial charge in [0.15, 0.2) is 0 Å². The van der Waals surface area contributed by atoms with Crippen molar-refractivity contribution in [3.05, 3.63) is 18.2 Å². The molecule has 0 radical (unpaired) electrons. The third kappa shape index (κ3) is 2.90. The van der Waals surface area contributed by atoms with E-state index < -0.39 is 6.09 Å². The highest BCUT2D eigenvalue weighted by Gasteiger charge is 2.16. The summed E-state index contributed by atoms with van der Waals surface area (Å²) >= 11 is 1.93. The van der Waals surface area contributed by atoms with Crippen molar-refractivity contribution >= 4 is 34.8 Å². The molecule has 1 heterocycles. The molecule has 0 spiro atoms. The number of anilines is 1. The quantitative estimate of drug-likeness (QED) is 0.903. The average Bonchev–Trinajstić information content (AvgIpc) is 3.07. The Labute approximate surface area is 121 Å². The Bertz CT molecular complexity index is 620. The predicted octanol–water partition coefficient (Wildman–Crippen LogP) is 3.78. The van der Waals surface area contributed by atoms with E-state index in [1.165, 1.54) is 37.7 Å². The molecule has 1 aromatic heterocycles. The minimum atomic E-state index is -0.524. The summed E-state index contributed by atoms with van der Waals surface area (Å²) in [5, 5.41) is 3.28. The normalized spacial score (nSPS) is 15.7. The first kappa shape index (κ1) is 13.3. The predicted molar refractivity (Wildman–Crippen MR) is 80.2 cm³/mol.